The van der Waals surface area contributed by atoms with Gasteiger partial charge in [0.2, 0.25) is 5.95 Å². The van der Waals surface area contributed by atoms with Crippen LogP contribution in [0.15, 0.2) is 30.3 Å². The van der Waals surface area contributed by atoms with Crippen LogP contribution < -0.4 is 10.6 Å². The van der Waals surface area contributed by atoms with Gasteiger partial charge in [-0.15, -0.1) is 0 Å². The van der Waals surface area contributed by atoms with Gasteiger partial charge in [-0.25, -0.2) is 9.97 Å². The van der Waals surface area contributed by atoms with Gasteiger partial charge in [0.1, 0.15) is 5.69 Å². The molecule has 1 amide bonds. The number of para-hydroxylation sites is 1. The molecule has 5 heteroatoms. The minimum Gasteiger partial charge on any atom is -0.351 e. The first-order valence-corrected chi connectivity index (χ1v) is 9.17. The number of nitrogens with zero attached hydrogens (tertiary/aromatic N) is 2. The van der Waals surface area contributed by atoms with E-state index >= 15 is 0 Å². The van der Waals surface area contributed by atoms with Crippen molar-refractivity contribution in [2.24, 2.45) is 5.92 Å². The lowest BCUT2D eigenvalue weighted by atomic mass is 9.86. The Morgan fingerprint density at radius 1 is 1.15 bits per heavy atom. The lowest BCUT2D eigenvalue weighted by Gasteiger charge is -2.23. The van der Waals surface area contributed by atoms with E-state index in [1.165, 1.54) is 5.56 Å². The molecule has 0 unspecified atom stereocenters. The first-order valence-electron chi connectivity index (χ1n) is 9.17. The van der Waals surface area contributed by atoms with Gasteiger partial charge in [0, 0.05) is 17.9 Å². The fraction of sp³-hybridized carbons (Fsp3) is 0.476. The number of benzene rings is 1. The number of aryl methyl sites for hydroxylation is 1. The first kappa shape index (κ1) is 19.9. The van der Waals surface area contributed by atoms with Gasteiger partial charge in [0.05, 0.1) is 0 Å². The Morgan fingerprint density at radius 3 is 2.50 bits per heavy atom. The molecule has 2 N–H and O–H groups in total. The zero-order valence-corrected chi connectivity index (χ0v) is 16.7. The van der Waals surface area contributed by atoms with E-state index in [1.54, 1.807) is 6.07 Å². The number of aromatic nitrogens is 2. The van der Waals surface area contributed by atoms with E-state index in [2.05, 4.69) is 61.3 Å². The molecular weight excluding hydrogens is 324 g/mol. The highest BCUT2D eigenvalue weighted by atomic mass is 16.1. The zero-order chi connectivity index (χ0) is 19.3. The largest absolute Gasteiger partial charge is 0.351 e. The van der Waals surface area contributed by atoms with Crippen LogP contribution in [0.2, 0.25) is 0 Å². The third kappa shape index (κ3) is 5.55. The molecule has 2 rings (SSSR count). The molecule has 0 saturated heterocycles. The molecule has 0 fully saturated rings. The second-order valence-electron chi connectivity index (χ2n) is 8.08. The number of hydrogen-bond acceptors (Lipinski definition) is 4. The maximum atomic E-state index is 12.4. The van der Waals surface area contributed by atoms with Crippen molar-refractivity contribution in [3.05, 3.63) is 47.3 Å². The van der Waals surface area contributed by atoms with Crippen molar-refractivity contribution < 1.29 is 4.79 Å². The molecule has 0 radical (unpaired) electrons. The molecule has 2 aromatic rings. The van der Waals surface area contributed by atoms with Gasteiger partial charge in [0.15, 0.2) is 0 Å². The minimum absolute atomic E-state index is 0.00946. The summed E-state index contributed by atoms with van der Waals surface area (Å²) in [4.78, 5) is 21.2. The molecule has 5 nitrogen and oxygen atoms in total. The van der Waals surface area contributed by atoms with Gasteiger partial charge in [-0.3, -0.25) is 4.79 Å². The van der Waals surface area contributed by atoms with Crippen LogP contribution in [-0.2, 0) is 5.41 Å². The van der Waals surface area contributed by atoms with Crippen molar-refractivity contribution in [2.75, 3.05) is 11.9 Å². The summed E-state index contributed by atoms with van der Waals surface area (Å²) in [5.74, 6) is 0.826. The molecule has 26 heavy (non-hydrogen) atoms. The fourth-order valence-corrected chi connectivity index (χ4v) is 2.67. The summed E-state index contributed by atoms with van der Waals surface area (Å²) in [6, 6.07) is 9.82. The summed E-state index contributed by atoms with van der Waals surface area (Å²) < 4.78 is 0. The molecule has 1 aromatic heterocycles. The Hall–Kier alpha value is -2.43. The number of amides is 1. The Bertz CT molecular complexity index is 763. The third-order valence-electron chi connectivity index (χ3n) is 4.08. The monoisotopic (exact) mass is 354 g/mol. The van der Waals surface area contributed by atoms with Gasteiger partial charge in [0.25, 0.3) is 5.91 Å². The standard InChI is InChI=1S/C21H30N4O/c1-14(2)11-12-22-19(26)18-13-15(3)23-20(25-18)24-17-10-8-7-9-16(17)21(4,5)6/h7-10,13-14H,11-12H2,1-6H3,(H,22,26)(H,23,24,25). The number of anilines is 2. The molecule has 140 valence electrons. The molecule has 0 aliphatic carbocycles. The SMILES string of the molecule is Cc1cc(C(=O)NCCC(C)C)nc(Nc2ccccc2C(C)(C)C)n1. The summed E-state index contributed by atoms with van der Waals surface area (Å²) in [6.45, 7) is 13.3. The van der Waals surface area contributed by atoms with E-state index in [-0.39, 0.29) is 11.3 Å². The van der Waals surface area contributed by atoms with Crippen LogP contribution in [0.4, 0.5) is 11.6 Å². The van der Waals surface area contributed by atoms with Crippen LogP contribution in [-0.4, -0.2) is 22.4 Å². The van der Waals surface area contributed by atoms with Crippen molar-refractivity contribution in [3.8, 4) is 0 Å². The van der Waals surface area contributed by atoms with Gasteiger partial charge in [-0.2, -0.15) is 0 Å². The van der Waals surface area contributed by atoms with Crippen LogP contribution in [0.5, 0.6) is 0 Å². The molecular formula is C21H30N4O. The highest BCUT2D eigenvalue weighted by Gasteiger charge is 2.18. The smallest absolute Gasteiger partial charge is 0.270 e. The van der Waals surface area contributed by atoms with Crippen molar-refractivity contribution in [1.29, 1.82) is 0 Å². The molecule has 0 aliphatic heterocycles. The van der Waals surface area contributed by atoms with Crippen molar-refractivity contribution in [1.82, 2.24) is 15.3 Å². The summed E-state index contributed by atoms with van der Waals surface area (Å²) in [5.41, 5.74) is 3.26. The number of carbonyl (C=O) groups excluding carboxylic acids is 1. The second-order valence-corrected chi connectivity index (χ2v) is 8.08. The van der Waals surface area contributed by atoms with Gasteiger partial charge < -0.3 is 10.6 Å². The first-order chi connectivity index (χ1) is 12.2. The average molecular weight is 354 g/mol. The molecule has 0 bridgehead atoms. The Balaban J connectivity index is 2.22. The number of nitrogens with one attached hydrogen (secondary N) is 2. The quantitative estimate of drug-likeness (QED) is 0.795. The van der Waals surface area contributed by atoms with Crippen molar-refractivity contribution >= 4 is 17.5 Å². The van der Waals surface area contributed by atoms with E-state index in [4.69, 9.17) is 0 Å². The normalized spacial score (nSPS) is 11.5. The number of rotatable bonds is 6. The molecule has 0 aliphatic rings. The molecule has 0 saturated carbocycles. The lowest BCUT2D eigenvalue weighted by Crippen LogP contribution is -2.26. The molecule has 1 heterocycles. The Morgan fingerprint density at radius 2 is 1.85 bits per heavy atom. The highest BCUT2D eigenvalue weighted by Crippen LogP contribution is 2.30. The van der Waals surface area contributed by atoms with E-state index in [9.17, 15) is 4.79 Å². The Kier molecular flexibility index (Phi) is 6.35. The predicted octanol–water partition coefficient (Wildman–Crippen LogP) is 4.60. The second kappa shape index (κ2) is 8.30. The topological polar surface area (TPSA) is 66.9 Å². The maximum Gasteiger partial charge on any atom is 0.270 e. The maximum absolute atomic E-state index is 12.4. The lowest BCUT2D eigenvalue weighted by molar-refractivity contribution is 0.0947. The van der Waals surface area contributed by atoms with Gasteiger partial charge in [-0.1, -0.05) is 52.8 Å². The third-order valence-corrected chi connectivity index (χ3v) is 4.08. The fourth-order valence-electron chi connectivity index (χ4n) is 2.67. The van der Waals surface area contributed by atoms with E-state index in [1.807, 2.05) is 25.1 Å². The number of carbonyl (C=O) groups is 1. The van der Waals surface area contributed by atoms with Crippen molar-refractivity contribution in [2.45, 2.75) is 53.4 Å². The molecule has 0 spiro atoms. The molecule has 1 aromatic carbocycles. The average Bonchev–Trinajstić information content (AvgIpc) is 2.53. The number of hydrogen-bond donors (Lipinski definition) is 2. The summed E-state index contributed by atoms with van der Waals surface area (Å²) in [5, 5.41) is 6.21. The van der Waals surface area contributed by atoms with E-state index < -0.39 is 0 Å². The van der Waals surface area contributed by atoms with Gasteiger partial charge in [-0.05, 0) is 42.4 Å². The molecule has 0 atom stereocenters. The van der Waals surface area contributed by atoms with E-state index in [0.717, 1.165) is 17.8 Å². The van der Waals surface area contributed by atoms with E-state index in [0.29, 0.717) is 24.1 Å². The van der Waals surface area contributed by atoms with Crippen LogP contribution in [0.1, 0.15) is 62.8 Å². The predicted molar refractivity (Wildman–Crippen MR) is 107 cm³/mol. The van der Waals surface area contributed by atoms with Crippen LogP contribution in [0, 0.1) is 12.8 Å². The zero-order valence-electron chi connectivity index (χ0n) is 16.7. The van der Waals surface area contributed by atoms with Crippen LogP contribution in [0.3, 0.4) is 0 Å². The Labute approximate surface area is 156 Å². The van der Waals surface area contributed by atoms with Gasteiger partial charge >= 0.3 is 0 Å². The minimum atomic E-state index is -0.164. The van der Waals surface area contributed by atoms with Crippen LogP contribution in [0.25, 0.3) is 0 Å². The summed E-state index contributed by atoms with van der Waals surface area (Å²) in [6.07, 6.45) is 0.944. The summed E-state index contributed by atoms with van der Waals surface area (Å²) >= 11 is 0. The summed E-state index contributed by atoms with van der Waals surface area (Å²) in [7, 11) is 0. The van der Waals surface area contributed by atoms with Crippen molar-refractivity contribution in [3.63, 3.8) is 0 Å². The highest BCUT2D eigenvalue weighted by molar-refractivity contribution is 5.92. The van der Waals surface area contributed by atoms with Crippen LogP contribution >= 0.6 is 0 Å².